The van der Waals surface area contributed by atoms with Gasteiger partial charge in [-0.3, -0.25) is 4.79 Å². The first-order valence-electron chi connectivity index (χ1n) is 6.92. The number of carbonyl (C=O) groups excluding carboxylic acids is 1. The third-order valence-corrected chi connectivity index (χ3v) is 2.74. The first-order valence-corrected chi connectivity index (χ1v) is 6.92. The van der Waals surface area contributed by atoms with E-state index >= 15 is 0 Å². The van der Waals surface area contributed by atoms with Crippen LogP contribution in [0.3, 0.4) is 0 Å². The molecule has 0 unspecified atom stereocenters. The van der Waals surface area contributed by atoms with Gasteiger partial charge in [-0.15, -0.1) is 0 Å². The highest BCUT2D eigenvalue weighted by molar-refractivity contribution is 5.78. The van der Waals surface area contributed by atoms with Crippen LogP contribution >= 0.6 is 0 Å². The molecule has 0 saturated carbocycles. The van der Waals surface area contributed by atoms with Gasteiger partial charge in [-0.1, -0.05) is 46.5 Å². The Balaban J connectivity index is 3.18. The van der Waals surface area contributed by atoms with Gasteiger partial charge < -0.3 is 5.32 Å². The van der Waals surface area contributed by atoms with Gasteiger partial charge in [-0.05, 0) is 19.4 Å². The molecule has 96 valence electrons. The van der Waals surface area contributed by atoms with Crippen molar-refractivity contribution in [1.82, 2.24) is 5.32 Å². The lowest BCUT2D eigenvalue weighted by Gasteiger charge is -2.07. The van der Waals surface area contributed by atoms with E-state index in [2.05, 4.69) is 26.1 Å². The molecule has 0 fully saturated rings. The third-order valence-electron chi connectivity index (χ3n) is 2.74. The first kappa shape index (κ1) is 15.6. The van der Waals surface area contributed by atoms with E-state index in [4.69, 9.17) is 0 Å². The zero-order valence-corrected chi connectivity index (χ0v) is 11.3. The Bertz CT molecular complexity index is 166. The SMILES string of the molecule is CCCCCCCC(=O)CCCNC(C)C. The summed E-state index contributed by atoms with van der Waals surface area (Å²) in [6.45, 7) is 7.46. The average Bonchev–Trinajstić information content (AvgIpc) is 2.24. The van der Waals surface area contributed by atoms with Gasteiger partial charge in [0.15, 0.2) is 0 Å². The highest BCUT2D eigenvalue weighted by atomic mass is 16.1. The number of unbranched alkanes of at least 4 members (excludes halogenated alkanes) is 4. The largest absolute Gasteiger partial charge is 0.315 e. The molecule has 0 amide bonds. The van der Waals surface area contributed by atoms with Gasteiger partial charge in [0.25, 0.3) is 0 Å². The van der Waals surface area contributed by atoms with Crippen molar-refractivity contribution in [2.45, 2.75) is 78.2 Å². The summed E-state index contributed by atoms with van der Waals surface area (Å²) in [7, 11) is 0. The number of ketones is 1. The number of hydrogen-bond acceptors (Lipinski definition) is 2. The molecule has 0 heterocycles. The lowest BCUT2D eigenvalue weighted by molar-refractivity contribution is -0.119. The molecule has 2 heteroatoms. The van der Waals surface area contributed by atoms with Crippen LogP contribution in [-0.4, -0.2) is 18.4 Å². The van der Waals surface area contributed by atoms with E-state index in [1.54, 1.807) is 0 Å². The summed E-state index contributed by atoms with van der Waals surface area (Å²) in [4.78, 5) is 11.5. The highest BCUT2D eigenvalue weighted by Gasteiger charge is 2.01. The van der Waals surface area contributed by atoms with Crippen molar-refractivity contribution < 1.29 is 4.79 Å². The van der Waals surface area contributed by atoms with E-state index in [0.717, 1.165) is 32.2 Å². The Morgan fingerprint density at radius 2 is 1.62 bits per heavy atom. The highest BCUT2D eigenvalue weighted by Crippen LogP contribution is 2.07. The maximum atomic E-state index is 11.5. The molecule has 0 aliphatic heterocycles. The maximum absolute atomic E-state index is 11.5. The predicted octanol–water partition coefficient (Wildman–Crippen LogP) is 3.69. The van der Waals surface area contributed by atoms with Gasteiger partial charge in [0.2, 0.25) is 0 Å². The summed E-state index contributed by atoms with van der Waals surface area (Å²) in [6, 6.07) is 0.532. The van der Waals surface area contributed by atoms with Gasteiger partial charge >= 0.3 is 0 Å². The minimum Gasteiger partial charge on any atom is -0.315 e. The lowest BCUT2D eigenvalue weighted by Crippen LogP contribution is -2.24. The summed E-state index contributed by atoms with van der Waals surface area (Å²) >= 11 is 0. The van der Waals surface area contributed by atoms with Crippen molar-refractivity contribution in [3.05, 3.63) is 0 Å². The van der Waals surface area contributed by atoms with Gasteiger partial charge in [0, 0.05) is 18.9 Å². The molecule has 0 radical (unpaired) electrons. The second kappa shape index (κ2) is 11.1. The normalized spacial score (nSPS) is 11.0. The van der Waals surface area contributed by atoms with E-state index in [1.807, 2.05) is 0 Å². The number of Topliss-reactive ketones (excluding diaryl/α,β-unsaturated/α-hetero) is 1. The number of hydrogen-bond donors (Lipinski definition) is 1. The Morgan fingerprint density at radius 3 is 2.25 bits per heavy atom. The van der Waals surface area contributed by atoms with Crippen molar-refractivity contribution in [1.29, 1.82) is 0 Å². The van der Waals surface area contributed by atoms with Crippen LogP contribution in [0, 0.1) is 0 Å². The maximum Gasteiger partial charge on any atom is 0.132 e. The van der Waals surface area contributed by atoms with Crippen molar-refractivity contribution >= 4 is 5.78 Å². The number of nitrogens with one attached hydrogen (secondary N) is 1. The lowest BCUT2D eigenvalue weighted by atomic mass is 10.1. The molecule has 0 bridgehead atoms. The van der Waals surface area contributed by atoms with Gasteiger partial charge in [0.05, 0.1) is 0 Å². The minimum atomic E-state index is 0.446. The van der Waals surface area contributed by atoms with E-state index < -0.39 is 0 Å². The second-order valence-electron chi connectivity index (χ2n) is 4.92. The summed E-state index contributed by atoms with van der Waals surface area (Å²) in [6.07, 6.45) is 8.74. The quantitative estimate of drug-likeness (QED) is 0.545. The van der Waals surface area contributed by atoms with Crippen molar-refractivity contribution in [3.8, 4) is 0 Å². The summed E-state index contributed by atoms with van der Waals surface area (Å²) < 4.78 is 0. The molecular weight excluding hydrogens is 198 g/mol. The Labute approximate surface area is 101 Å². The molecule has 0 rings (SSSR count). The van der Waals surface area contributed by atoms with Crippen molar-refractivity contribution in [3.63, 3.8) is 0 Å². The third kappa shape index (κ3) is 11.7. The Hall–Kier alpha value is -0.370. The molecule has 0 aliphatic rings. The monoisotopic (exact) mass is 227 g/mol. The average molecular weight is 227 g/mol. The second-order valence-corrected chi connectivity index (χ2v) is 4.92. The van der Waals surface area contributed by atoms with Crippen LogP contribution in [0.2, 0.25) is 0 Å². The molecule has 2 nitrogen and oxygen atoms in total. The zero-order chi connectivity index (χ0) is 12.2. The molecule has 0 saturated heterocycles. The Kier molecular flexibility index (Phi) is 10.9. The molecule has 0 aliphatic carbocycles. The van der Waals surface area contributed by atoms with Crippen LogP contribution in [0.5, 0.6) is 0 Å². The fourth-order valence-corrected chi connectivity index (χ4v) is 1.73. The van der Waals surface area contributed by atoms with E-state index in [9.17, 15) is 4.79 Å². The van der Waals surface area contributed by atoms with Crippen LogP contribution in [-0.2, 0) is 4.79 Å². The fraction of sp³-hybridized carbons (Fsp3) is 0.929. The van der Waals surface area contributed by atoms with E-state index in [-0.39, 0.29) is 0 Å². The van der Waals surface area contributed by atoms with Gasteiger partial charge in [0.1, 0.15) is 5.78 Å². The molecule has 1 N–H and O–H groups in total. The summed E-state index contributed by atoms with van der Waals surface area (Å²) in [5.74, 6) is 0.446. The molecule has 0 aromatic rings. The number of rotatable bonds is 11. The van der Waals surface area contributed by atoms with Crippen LogP contribution in [0.1, 0.15) is 72.1 Å². The molecule has 0 spiro atoms. The van der Waals surface area contributed by atoms with E-state index in [0.29, 0.717) is 11.8 Å². The van der Waals surface area contributed by atoms with Crippen molar-refractivity contribution in [2.75, 3.05) is 6.54 Å². The first-order chi connectivity index (χ1) is 7.66. The molecule has 0 atom stereocenters. The molecular formula is C14H29NO. The zero-order valence-electron chi connectivity index (χ0n) is 11.3. The molecule has 16 heavy (non-hydrogen) atoms. The topological polar surface area (TPSA) is 29.1 Å². The van der Waals surface area contributed by atoms with Gasteiger partial charge in [-0.2, -0.15) is 0 Å². The van der Waals surface area contributed by atoms with Crippen LogP contribution in [0.15, 0.2) is 0 Å². The predicted molar refractivity (Wildman–Crippen MR) is 70.8 cm³/mol. The van der Waals surface area contributed by atoms with Crippen LogP contribution in [0.4, 0.5) is 0 Å². The van der Waals surface area contributed by atoms with Crippen LogP contribution in [0.25, 0.3) is 0 Å². The van der Waals surface area contributed by atoms with Gasteiger partial charge in [-0.25, -0.2) is 0 Å². The fourth-order valence-electron chi connectivity index (χ4n) is 1.73. The molecule has 0 aromatic heterocycles. The summed E-state index contributed by atoms with van der Waals surface area (Å²) in [5.41, 5.74) is 0. The molecule has 0 aromatic carbocycles. The van der Waals surface area contributed by atoms with Crippen molar-refractivity contribution in [2.24, 2.45) is 0 Å². The van der Waals surface area contributed by atoms with E-state index in [1.165, 1.54) is 25.7 Å². The summed E-state index contributed by atoms with van der Waals surface area (Å²) in [5, 5.41) is 3.33. The van der Waals surface area contributed by atoms with Crippen LogP contribution < -0.4 is 5.32 Å². The minimum absolute atomic E-state index is 0.446. The standard InChI is InChI=1S/C14H29NO/c1-4-5-6-7-8-10-14(16)11-9-12-15-13(2)3/h13,15H,4-12H2,1-3H3. The Morgan fingerprint density at radius 1 is 1.00 bits per heavy atom. The smallest absolute Gasteiger partial charge is 0.132 e. The number of carbonyl (C=O) groups is 1.